The van der Waals surface area contributed by atoms with E-state index in [1.54, 1.807) is 4.90 Å². The van der Waals surface area contributed by atoms with E-state index in [0.717, 1.165) is 24.1 Å². The van der Waals surface area contributed by atoms with Crippen LogP contribution in [0.1, 0.15) is 30.4 Å². The minimum atomic E-state index is -4.72. The molecule has 14 heteroatoms. The number of alkyl halides is 3. The number of aromatic nitrogens is 4. The van der Waals surface area contributed by atoms with Crippen molar-refractivity contribution in [1.82, 2.24) is 29.5 Å². The van der Waals surface area contributed by atoms with E-state index in [1.807, 2.05) is 11.9 Å². The molecule has 0 radical (unpaired) electrons. The summed E-state index contributed by atoms with van der Waals surface area (Å²) in [7, 11) is 2.02. The van der Waals surface area contributed by atoms with Gasteiger partial charge in [-0.1, -0.05) is 18.7 Å². The number of nitriles is 1. The first-order valence-electron chi connectivity index (χ1n) is 14.0. The molecule has 2 fully saturated rings. The third kappa shape index (κ3) is 5.90. The summed E-state index contributed by atoms with van der Waals surface area (Å²) in [6.45, 7) is 7.20. The van der Waals surface area contributed by atoms with Crippen LogP contribution in [0.5, 0.6) is 0 Å². The molecule has 0 bridgehead atoms. The molecule has 1 unspecified atom stereocenters. The largest absolute Gasteiger partial charge is 0.418 e. The summed E-state index contributed by atoms with van der Waals surface area (Å²) in [5, 5.41) is 17.1. The number of aryl methyl sites for hydroxylation is 1. The number of hydrogen-bond donors (Lipinski definition) is 1. The van der Waals surface area contributed by atoms with Crippen LogP contribution in [0.3, 0.4) is 0 Å². The zero-order chi connectivity index (χ0) is 30.9. The smallest absolute Gasteiger partial charge is 0.353 e. The first kappa shape index (κ1) is 30.0. The van der Waals surface area contributed by atoms with E-state index in [9.17, 15) is 28.0 Å². The summed E-state index contributed by atoms with van der Waals surface area (Å²) >= 11 is 0. The van der Waals surface area contributed by atoms with Crippen molar-refractivity contribution in [3.8, 4) is 11.8 Å². The second-order valence-corrected chi connectivity index (χ2v) is 10.8. The topological polar surface area (TPSA) is 123 Å². The lowest BCUT2D eigenvalue weighted by Gasteiger charge is -2.41. The molecular weight excluding hydrogens is 563 g/mol. The fourth-order valence-corrected chi connectivity index (χ4v) is 5.88. The van der Waals surface area contributed by atoms with E-state index >= 15 is 0 Å². The van der Waals surface area contributed by atoms with Gasteiger partial charge < -0.3 is 20.0 Å². The molecule has 2 saturated heterocycles. The third-order valence-electron chi connectivity index (χ3n) is 8.12. The highest BCUT2D eigenvalue weighted by Crippen LogP contribution is 2.36. The maximum Gasteiger partial charge on any atom is 0.418 e. The van der Waals surface area contributed by atoms with Crippen molar-refractivity contribution in [2.24, 2.45) is 0 Å². The normalized spacial score (nSPS) is 19.4. The summed E-state index contributed by atoms with van der Waals surface area (Å²) < 4.78 is 42.9. The van der Waals surface area contributed by atoms with Crippen LogP contribution in [0.15, 0.2) is 41.8 Å². The van der Waals surface area contributed by atoms with Crippen LogP contribution in [-0.2, 0) is 11.0 Å². The molecule has 2 aromatic heterocycles. The van der Waals surface area contributed by atoms with Crippen LogP contribution >= 0.6 is 0 Å². The lowest BCUT2D eigenvalue weighted by molar-refractivity contribution is -0.138. The number of fused-ring (bicyclic) bond motifs is 1. The van der Waals surface area contributed by atoms with Crippen LogP contribution in [0.4, 0.5) is 24.9 Å². The summed E-state index contributed by atoms with van der Waals surface area (Å²) in [4.78, 5) is 41.1. The van der Waals surface area contributed by atoms with Gasteiger partial charge in [0.1, 0.15) is 11.3 Å². The summed E-state index contributed by atoms with van der Waals surface area (Å²) in [5.41, 5.74) is -2.32. The van der Waals surface area contributed by atoms with Crippen molar-refractivity contribution < 1.29 is 18.0 Å². The number of likely N-dealkylation sites (tertiary alicyclic amines) is 1. The van der Waals surface area contributed by atoms with Gasteiger partial charge in [-0.2, -0.15) is 33.2 Å². The zero-order valence-corrected chi connectivity index (χ0v) is 23.9. The molecule has 226 valence electrons. The van der Waals surface area contributed by atoms with Crippen LogP contribution in [0.2, 0.25) is 0 Å². The van der Waals surface area contributed by atoms with Crippen LogP contribution in [0.25, 0.3) is 16.6 Å². The highest BCUT2D eigenvalue weighted by atomic mass is 19.4. The number of carbonyl (C=O) groups excluding carboxylic acids is 1. The number of halogens is 3. The van der Waals surface area contributed by atoms with Gasteiger partial charge in [0.2, 0.25) is 11.9 Å². The maximum absolute atomic E-state index is 14.1. The molecular formula is C29H32F3N9O2. The predicted octanol–water partition coefficient (Wildman–Crippen LogP) is 3.13. The van der Waals surface area contributed by atoms with Crippen LogP contribution < -0.4 is 15.8 Å². The average Bonchev–Trinajstić information content (AvgIpc) is 3.39. The number of nitrogens with zero attached hydrogens (tertiary/aromatic N) is 8. The minimum absolute atomic E-state index is 0.0410. The Balaban J connectivity index is 1.63. The number of rotatable bonds is 7. The molecule has 0 saturated carbocycles. The Kier molecular flexibility index (Phi) is 8.36. The molecule has 11 nitrogen and oxygen atoms in total. The van der Waals surface area contributed by atoms with Gasteiger partial charge in [-0.15, -0.1) is 0 Å². The first-order chi connectivity index (χ1) is 20.5. The van der Waals surface area contributed by atoms with E-state index in [0.29, 0.717) is 18.9 Å². The van der Waals surface area contributed by atoms with Gasteiger partial charge in [-0.3, -0.25) is 9.59 Å². The number of piperazine rings is 1. The van der Waals surface area contributed by atoms with Gasteiger partial charge >= 0.3 is 6.18 Å². The molecule has 43 heavy (non-hydrogen) atoms. The molecule has 0 spiro atoms. The Labute approximate surface area is 246 Å². The fourth-order valence-electron chi connectivity index (χ4n) is 5.88. The lowest BCUT2D eigenvalue weighted by Crippen LogP contribution is -2.55. The molecule has 0 aliphatic carbocycles. The molecule has 1 N–H and O–H groups in total. The highest BCUT2D eigenvalue weighted by Gasteiger charge is 2.37. The Hall–Kier alpha value is -4.51. The standard InChI is InChI=1S/C29H32F3N9O2/c1-4-23(42)40-14-13-39(17-20(40)10-11-33)26-21-16-35-41(22-9-5-7-18(2)24(22)29(30,31)32)27(43)25(21)36-28(37-26)34-15-19-8-6-12-38(19)3/h4-5,7,9,16,19-20H,1,6,8,10,12-15,17H2,2-3H3,(H,34,36,37)/t19-,20?/m0/s1. The number of hydrogen-bond acceptors (Lipinski definition) is 9. The van der Waals surface area contributed by atoms with E-state index in [2.05, 4.69) is 32.9 Å². The second kappa shape index (κ2) is 12.0. The lowest BCUT2D eigenvalue weighted by atomic mass is 10.1. The molecule has 1 amide bonds. The van der Waals surface area contributed by atoms with Crippen molar-refractivity contribution >= 4 is 28.6 Å². The Morgan fingerprint density at radius 3 is 2.70 bits per heavy atom. The molecule has 5 rings (SSSR count). The number of nitrogens with one attached hydrogen (secondary N) is 1. The molecule has 1 aromatic carbocycles. The van der Waals surface area contributed by atoms with Gasteiger partial charge in [0.05, 0.1) is 41.4 Å². The quantitative estimate of drug-likeness (QED) is 0.411. The molecule has 2 aliphatic heterocycles. The van der Waals surface area contributed by atoms with Crippen molar-refractivity contribution in [1.29, 1.82) is 5.26 Å². The molecule has 3 aromatic rings. The van der Waals surface area contributed by atoms with Crippen molar-refractivity contribution in [2.75, 3.05) is 50.0 Å². The Bertz CT molecular complexity index is 1650. The van der Waals surface area contributed by atoms with Crippen molar-refractivity contribution in [2.45, 2.75) is 44.4 Å². The van der Waals surface area contributed by atoms with E-state index in [4.69, 9.17) is 4.98 Å². The molecule has 2 aliphatic rings. The van der Waals surface area contributed by atoms with Gasteiger partial charge in [0.15, 0.2) is 0 Å². The predicted molar refractivity (Wildman–Crippen MR) is 155 cm³/mol. The van der Waals surface area contributed by atoms with E-state index in [-0.39, 0.29) is 53.9 Å². The fraction of sp³-hybridized carbons (Fsp3) is 0.448. The Morgan fingerprint density at radius 1 is 1.23 bits per heavy atom. The van der Waals surface area contributed by atoms with Gasteiger partial charge in [0, 0.05) is 32.2 Å². The third-order valence-corrected chi connectivity index (χ3v) is 8.12. The number of amides is 1. The van der Waals surface area contributed by atoms with E-state index in [1.165, 1.54) is 37.4 Å². The minimum Gasteiger partial charge on any atom is -0.353 e. The number of anilines is 2. The molecule has 4 heterocycles. The monoisotopic (exact) mass is 595 g/mol. The Morgan fingerprint density at radius 2 is 2.02 bits per heavy atom. The van der Waals surface area contributed by atoms with Crippen molar-refractivity contribution in [3.63, 3.8) is 0 Å². The van der Waals surface area contributed by atoms with Gasteiger partial charge in [-0.05, 0) is 51.1 Å². The van der Waals surface area contributed by atoms with Gasteiger partial charge in [-0.25, -0.2) is 4.98 Å². The van der Waals surface area contributed by atoms with Gasteiger partial charge in [0.25, 0.3) is 5.56 Å². The zero-order valence-electron chi connectivity index (χ0n) is 23.9. The molecule has 2 atom stereocenters. The summed E-state index contributed by atoms with van der Waals surface area (Å²) in [6.07, 6.45) is -0.125. The number of carbonyl (C=O) groups is 1. The van der Waals surface area contributed by atoms with Crippen LogP contribution in [0, 0.1) is 18.3 Å². The number of likely N-dealkylation sites (N-methyl/N-ethyl adjacent to an activating group) is 1. The second-order valence-electron chi connectivity index (χ2n) is 10.8. The van der Waals surface area contributed by atoms with Crippen molar-refractivity contribution in [3.05, 3.63) is 58.5 Å². The summed E-state index contributed by atoms with van der Waals surface area (Å²) in [6, 6.07) is 5.85. The van der Waals surface area contributed by atoms with Crippen LogP contribution in [-0.4, -0.2) is 87.3 Å². The number of benzene rings is 1. The first-order valence-corrected chi connectivity index (χ1v) is 14.0. The summed E-state index contributed by atoms with van der Waals surface area (Å²) in [5.74, 6) is 0.205. The SMILES string of the molecule is C=CC(=O)N1CCN(c2nc(NC[C@@H]3CCCN3C)nc3c(=O)n(-c4cccc(C)c4C(F)(F)F)ncc23)CC1CC#N. The average molecular weight is 596 g/mol. The highest BCUT2D eigenvalue weighted by molar-refractivity contribution is 5.90. The maximum atomic E-state index is 14.1. The van der Waals surface area contributed by atoms with E-state index < -0.39 is 29.0 Å².